The van der Waals surface area contributed by atoms with Crippen LogP contribution in [0.2, 0.25) is 5.02 Å². The minimum absolute atomic E-state index is 0.470. The van der Waals surface area contributed by atoms with Gasteiger partial charge in [0.25, 0.3) is 5.91 Å². The number of amides is 1. The quantitative estimate of drug-likeness (QED) is 0.874. The molecule has 2 rings (SSSR count). The first kappa shape index (κ1) is 10.9. The van der Waals surface area contributed by atoms with Gasteiger partial charge < -0.3 is 14.9 Å². The monoisotopic (exact) mass is 239 g/mol. The van der Waals surface area contributed by atoms with E-state index >= 15 is 0 Å². The predicted molar refractivity (Wildman–Crippen MR) is 59.1 cm³/mol. The van der Waals surface area contributed by atoms with Gasteiger partial charge in [-0.25, -0.2) is 4.98 Å². The molecule has 0 aliphatic heterocycles. The van der Waals surface area contributed by atoms with Gasteiger partial charge in [0.2, 0.25) is 0 Å². The number of pyridine rings is 1. The molecule has 5 nitrogen and oxygen atoms in total. The van der Waals surface area contributed by atoms with Crippen molar-refractivity contribution >= 4 is 23.0 Å². The van der Waals surface area contributed by atoms with Crippen LogP contribution in [0.1, 0.15) is 11.8 Å². The van der Waals surface area contributed by atoms with Gasteiger partial charge in [0.05, 0.1) is 11.8 Å². The van der Waals surface area contributed by atoms with E-state index in [-0.39, 0.29) is 0 Å². The summed E-state index contributed by atoms with van der Waals surface area (Å²) < 4.78 is 6.76. The lowest BCUT2D eigenvalue weighted by molar-refractivity contribution is -0.128. The van der Waals surface area contributed by atoms with Crippen LogP contribution in [-0.4, -0.2) is 22.4 Å². The number of ether oxygens (including phenoxy) is 1. The molecular weight excluding hydrogens is 230 g/mol. The first-order valence-corrected chi connectivity index (χ1v) is 4.95. The standard InChI is InChI=1S/C10H10ClN3O2/c1-16-9(10(12)15)8-7-4-6(11)2-3-14(7)5-13-8/h2-5,9H,1H3,(H2,12,15). The number of aromatic nitrogens is 2. The lowest BCUT2D eigenvalue weighted by Crippen LogP contribution is -2.23. The van der Waals surface area contributed by atoms with Crippen LogP contribution in [-0.2, 0) is 9.53 Å². The van der Waals surface area contributed by atoms with Gasteiger partial charge in [-0.1, -0.05) is 11.6 Å². The van der Waals surface area contributed by atoms with Crippen LogP contribution in [0.4, 0.5) is 0 Å². The summed E-state index contributed by atoms with van der Waals surface area (Å²) in [5, 5.41) is 0.563. The smallest absolute Gasteiger partial charge is 0.252 e. The van der Waals surface area contributed by atoms with E-state index in [1.165, 1.54) is 7.11 Å². The fourth-order valence-electron chi connectivity index (χ4n) is 1.55. The Hall–Kier alpha value is -1.59. The molecule has 16 heavy (non-hydrogen) atoms. The first-order chi connectivity index (χ1) is 7.63. The molecule has 0 bridgehead atoms. The van der Waals surface area contributed by atoms with Gasteiger partial charge in [0.15, 0.2) is 6.10 Å². The molecular formula is C10H10ClN3O2. The zero-order chi connectivity index (χ0) is 11.7. The van der Waals surface area contributed by atoms with Gasteiger partial charge >= 0.3 is 0 Å². The van der Waals surface area contributed by atoms with Crippen LogP contribution in [0.3, 0.4) is 0 Å². The highest BCUT2D eigenvalue weighted by Crippen LogP contribution is 2.22. The summed E-state index contributed by atoms with van der Waals surface area (Å²) in [5.41, 5.74) is 6.40. The van der Waals surface area contributed by atoms with E-state index in [1.807, 2.05) is 0 Å². The Kier molecular flexibility index (Phi) is 2.80. The van der Waals surface area contributed by atoms with Crippen molar-refractivity contribution in [3.63, 3.8) is 0 Å². The zero-order valence-electron chi connectivity index (χ0n) is 8.55. The number of carbonyl (C=O) groups excluding carboxylic acids is 1. The van der Waals surface area contributed by atoms with Crippen molar-refractivity contribution in [1.82, 2.24) is 9.38 Å². The molecule has 84 valence electrons. The summed E-state index contributed by atoms with van der Waals surface area (Å²) in [4.78, 5) is 15.3. The molecule has 2 aromatic rings. The minimum Gasteiger partial charge on any atom is -0.367 e. The molecule has 0 aliphatic carbocycles. The van der Waals surface area contributed by atoms with Crippen LogP contribution in [0.15, 0.2) is 24.7 Å². The number of methoxy groups -OCH3 is 1. The van der Waals surface area contributed by atoms with Crippen molar-refractivity contribution in [2.24, 2.45) is 5.73 Å². The average Bonchev–Trinajstić information content (AvgIpc) is 2.62. The highest BCUT2D eigenvalue weighted by Gasteiger charge is 2.22. The van der Waals surface area contributed by atoms with Crippen molar-refractivity contribution in [2.45, 2.75) is 6.10 Å². The van der Waals surface area contributed by atoms with Gasteiger partial charge in [-0.05, 0) is 12.1 Å². The third-order valence-electron chi connectivity index (χ3n) is 2.27. The number of nitrogens with zero attached hydrogens (tertiary/aromatic N) is 2. The number of imidazole rings is 1. The molecule has 0 aliphatic rings. The lowest BCUT2D eigenvalue weighted by atomic mass is 10.2. The molecule has 2 N–H and O–H groups in total. The van der Waals surface area contributed by atoms with Crippen molar-refractivity contribution in [1.29, 1.82) is 0 Å². The van der Waals surface area contributed by atoms with Gasteiger partial charge in [-0.15, -0.1) is 0 Å². The van der Waals surface area contributed by atoms with Crippen molar-refractivity contribution in [2.75, 3.05) is 7.11 Å². The fourth-order valence-corrected chi connectivity index (χ4v) is 1.71. The fraction of sp³-hybridized carbons (Fsp3) is 0.200. The molecule has 6 heteroatoms. The molecule has 2 heterocycles. The van der Waals surface area contributed by atoms with E-state index in [1.54, 1.807) is 29.1 Å². The maximum Gasteiger partial charge on any atom is 0.252 e. The van der Waals surface area contributed by atoms with Crippen molar-refractivity contribution in [3.8, 4) is 0 Å². The molecule has 0 aromatic carbocycles. The Morgan fingerprint density at radius 3 is 3.06 bits per heavy atom. The Balaban J connectivity index is 2.59. The molecule has 0 fully saturated rings. The maximum absolute atomic E-state index is 11.2. The lowest BCUT2D eigenvalue weighted by Gasteiger charge is -2.09. The van der Waals surface area contributed by atoms with Crippen molar-refractivity contribution < 1.29 is 9.53 Å². The normalized spacial score (nSPS) is 12.9. The summed E-state index contributed by atoms with van der Waals surface area (Å²) in [6.45, 7) is 0. The Morgan fingerprint density at radius 2 is 2.44 bits per heavy atom. The summed E-state index contributed by atoms with van der Waals surface area (Å²) >= 11 is 5.88. The SMILES string of the molecule is COC(C(N)=O)c1ncn2ccc(Cl)cc12. The Morgan fingerprint density at radius 1 is 1.69 bits per heavy atom. The molecule has 1 atom stereocenters. The topological polar surface area (TPSA) is 69.6 Å². The van der Waals surface area contributed by atoms with E-state index in [2.05, 4.69) is 4.98 Å². The van der Waals surface area contributed by atoms with Crippen LogP contribution < -0.4 is 5.73 Å². The highest BCUT2D eigenvalue weighted by atomic mass is 35.5. The van der Waals surface area contributed by atoms with Crippen LogP contribution in [0.25, 0.3) is 5.52 Å². The van der Waals surface area contributed by atoms with Crippen LogP contribution >= 0.6 is 11.6 Å². The molecule has 0 spiro atoms. The third-order valence-corrected chi connectivity index (χ3v) is 2.51. The van der Waals surface area contributed by atoms with Gasteiger partial charge in [0.1, 0.15) is 5.69 Å². The summed E-state index contributed by atoms with van der Waals surface area (Å²) in [7, 11) is 1.41. The van der Waals surface area contributed by atoms with Gasteiger partial charge in [0, 0.05) is 18.3 Å². The number of hydrogen-bond donors (Lipinski definition) is 1. The Labute approximate surface area is 96.8 Å². The van der Waals surface area contributed by atoms with Gasteiger partial charge in [-0.2, -0.15) is 0 Å². The number of fused-ring (bicyclic) bond motifs is 1. The third kappa shape index (κ3) is 1.75. The molecule has 0 radical (unpaired) electrons. The van der Waals surface area contributed by atoms with E-state index in [0.29, 0.717) is 16.2 Å². The molecule has 2 aromatic heterocycles. The number of rotatable bonds is 3. The van der Waals surface area contributed by atoms with Crippen molar-refractivity contribution in [3.05, 3.63) is 35.4 Å². The van der Waals surface area contributed by atoms with Crippen LogP contribution in [0.5, 0.6) is 0 Å². The molecule has 1 amide bonds. The second-order valence-corrected chi connectivity index (χ2v) is 3.72. The second kappa shape index (κ2) is 4.11. The van der Waals surface area contributed by atoms with Crippen LogP contribution in [0, 0.1) is 0 Å². The largest absolute Gasteiger partial charge is 0.367 e. The highest BCUT2D eigenvalue weighted by molar-refractivity contribution is 6.30. The minimum atomic E-state index is -0.858. The summed E-state index contributed by atoms with van der Waals surface area (Å²) in [6.07, 6.45) is 2.47. The molecule has 1 unspecified atom stereocenters. The molecule has 0 saturated carbocycles. The number of nitrogens with two attached hydrogens (primary N) is 1. The number of hydrogen-bond acceptors (Lipinski definition) is 3. The number of primary amides is 1. The summed E-state index contributed by atoms with van der Waals surface area (Å²) in [6, 6.07) is 3.44. The van der Waals surface area contributed by atoms with E-state index < -0.39 is 12.0 Å². The van der Waals surface area contributed by atoms with E-state index in [0.717, 1.165) is 0 Å². The predicted octanol–water partition coefficient (Wildman–Crippen LogP) is 1.16. The zero-order valence-corrected chi connectivity index (χ0v) is 9.31. The van der Waals surface area contributed by atoms with Gasteiger partial charge in [-0.3, -0.25) is 4.79 Å². The number of halogens is 1. The maximum atomic E-state index is 11.2. The van der Waals surface area contributed by atoms with E-state index in [9.17, 15) is 4.79 Å². The number of carbonyl (C=O) groups is 1. The first-order valence-electron chi connectivity index (χ1n) is 4.57. The summed E-state index contributed by atoms with van der Waals surface area (Å²) in [5.74, 6) is -0.580. The second-order valence-electron chi connectivity index (χ2n) is 3.29. The van der Waals surface area contributed by atoms with E-state index in [4.69, 9.17) is 22.1 Å². The molecule has 0 saturated heterocycles. The average molecular weight is 240 g/mol. The Bertz CT molecular complexity index is 538.